The Kier molecular flexibility index (Phi) is 7.89. The number of nitrogens with one attached hydrogen (secondary N) is 2. The molecule has 106 valence electrons. The van der Waals surface area contributed by atoms with Gasteiger partial charge in [0.25, 0.3) is 0 Å². The van der Waals surface area contributed by atoms with Gasteiger partial charge in [-0.15, -0.1) is 0 Å². The number of halogens is 3. The fourth-order valence-electron chi connectivity index (χ4n) is 1.16. The maximum atomic E-state index is 11.7. The minimum Gasteiger partial charge on any atom is -0.481 e. The number of amides is 2. The molecule has 0 aromatic rings. The van der Waals surface area contributed by atoms with Crippen LogP contribution in [-0.2, 0) is 4.79 Å². The Bertz CT molecular complexity index is 270. The lowest BCUT2D eigenvalue weighted by atomic mass is 10.2. The zero-order valence-corrected chi connectivity index (χ0v) is 9.85. The van der Waals surface area contributed by atoms with Crippen LogP contribution in [0.1, 0.15) is 32.1 Å². The van der Waals surface area contributed by atoms with Gasteiger partial charge in [0, 0.05) is 19.5 Å². The molecular formula is C10H17F3N2O3. The zero-order valence-electron chi connectivity index (χ0n) is 9.85. The van der Waals surface area contributed by atoms with Gasteiger partial charge >= 0.3 is 18.2 Å². The Morgan fingerprint density at radius 1 is 1.00 bits per heavy atom. The molecule has 5 nitrogen and oxygen atoms in total. The molecule has 0 heterocycles. The van der Waals surface area contributed by atoms with Crippen LogP contribution in [0.4, 0.5) is 18.0 Å². The second-order valence-electron chi connectivity index (χ2n) is 3.75. The van der Waals surface area contributed by atoms with E-state index in [2.05, 4.69) is 10.6 Å². The normalized spacial score (nSPS) is 11.1. The van der Waals surface area contributed by atoms with Crippen molar-refractivity contribution in [1.82, 2.24) is 10.6 Å². The summed E-state index contributed by atoms with van der Waals surface area (Å²) in [5, 5.41) is 12.8. The Labute approximate surface area is 103 Å². The molecule has 3 N–H and O–H groups in total. The number of hydrogen-bond acceptors (Lipinski definition) is 2. The third kappa shape index (κ3) is 12.6. The van der Waals surface area contributed by atoms with E-state index < -0.39 is 31.1 Å². The summed E-state index contributed by atoms with van der Waals surface area (Å²) in [6.07, 6.45) is -3.48. The van der Waals surface area contributed by atoms with Crippen LogP contribution in [0.2, 0.25) is 0 Å². The molecule has 0 bridgehead atoms. The van der Waals surface area contributed by atoms with E-state index in [1.165, 1.54) is 0 Å². The van der Waals surface area contributed by atoms with Crippen molar-refractivity contribution in [3.05, 3.63) is 0 Å². The first-order valence-electron chi connectivity index (χ1n) is 5.61. The highest BCUT2D eigenvalue weighted by molar-refractivity contribution is 5.73. The van der Waals surface area contributed by atoms with Crippen molar-refractivity contribution in [3.63, 3.8) is 0 Å². The summed E-state index contributed by atoms with van der Waals surface area (Å²) in [5.74, 6) is -0.868. The molecule has 2 amide bonds. The van der Waals surface area contributed by atoms with Crippen LogP contribution >= 0.6 is 0 Å². The maximum absolute atomic E-state index is 11.7. The third-order valence-corrected chi connectivity index (χ3v) is 2.05. The fraction of sp³-hybridized carbons (Fsp3) is 0.800. The quantitative estimate of drug-likeness (QED) is 0.589. The Morgan fingerprint density at radius 2 is 1.61 bits per heavy atom. The van der Waals surface area contributed by atoms with Gasteiger partial charge in [0.1, 0.15) is 0 Å². The van der Waals surface area contributed by atoms with Gasteiger partial charge in [0.05, 0.1) is 6.42 Å². The van der Waals surface area contributed by atoms with Crippen LogP contribution in [0.5, 0.6) is 0 Å². The minimum absolute atomic E-state index is 0.0811. The number of carbonyl (C=O) groups excluding carboxylic acids is 1. The molecule has 0 radical (unpaired) electrons. The summed E-state index contributed by atoms with van der Waals surface area (Å²) in [5.41, 5.74) is 0. The van der Waals surface area contributed by atoms with Crippen molar-refractivity contribution < 1.29 is 27.9 Å². The lowest BCUT2D eigenvalue weighted by Gasteiger charge is -2.09. The number of carboxylic acid groups (broad SMARTS) is 1. The standard InChI is InChI=1S/C10H17F3N2O3/c11-10(12,13)5-7-15-9(18)14-6-3-1-2-4-8(16)17/h1-7H2,(H,16,17)(H2,14,15,18). The highest BCUT2D eigenvalue weighted by atomic mass is 19.4. The van der Waals surface area contributed by atoms with E-state index in [4.69, 9.17) is 5.11 Å². The van der Waals surface area contributed by atoms with E-state index in [9.17, 15) is 22.8 Å². The van der Waals surface area contributed by atoms with E-state index in [-0.39, 0.29) is 6.42 Å². The van der Waals surface area contributed by atoms with Crippen molar-refractivity contribution in [2.75, 3.05) is 13.1 Å². The molecule has 0 fully saturated rings. The summed E-state index contributed by atoms with van der Waals surface area (Å²) in [6.45, 7) is -0.133. The van der Waals surface area contributed by atoms with Gasteiger partial charge in [-0.05, 0) is 12.8 Å². The lowest BCUT2D eigenvalue weighted by molar-refractivity contribution is -0.137. The molecule has 0 rings (SSSR count). The summed E-state index contributed by atoms with van der Waals surface area (Å²) in [6, 6.07) is -0.641. The van der Waals surface area contributed by atoms with Crippen LogP contribution < -0.4 is 10.6 Å². The van der Waals surface area contributed by atoms with Crippen molar-refractivity contribution >= 4 is 12.0 Å². The number of alkyl halides is 3. The smallest absolute Gasteiger partial charge is 0.390 e. The molecule has 0 saturated heterocycles. The first-order chi connectivity index (χ1) is 8.31. The molecule has 0 saturated carbocycles. The van der Waals surface area contributed by atoms with E-state index >= 15 is 0 Å². The second kappa shape index (κ2) is 8.60. The highest BCUT2D eigenvalue weighted by Gasteiger charge is 2.26. The Morgan fingerprint density at radius 3 is 2.17 bits per heavy atom. The maximum Gasteiger partial charge on any atom is 0.390 e. The Balaban J connectivity index is 3.35. The van der Waals surface area contributed by atoms with E-state index in [1.54, 1.807) is 0 Å². The van der Waals surface area contributed by atoms with Gasteiger partial charge < -0.3 is 15.7 Å². The van der Waals surface area contributed by atoms with E-state index in [0.29, 0.717) is 25.8 Å². The second-order valence-corrected chi connectivity index (χ2v) is 3.75. The SMILES string of the molecule is O=C(O)CCCCCNC(=O)NCCC(F)(F)F. The number of carboxylic acids is 1. The van der Waals surface area contributed by atoms with Crippen LogP contribution in [-0.4, -0.2) is 36.4 Å². The molecule has 0 atom stereocenters. The predicted molar refractivity (Wildman–Crippen MR) is 58.2 cm³/mol. The summed E-state index contributed by atoms with van der Waals surface area (Å²) in [4.78, 5) is 21.2. The van der Waals surface area contributed by atoms with Crippen LogP contribution in [0.25, 0.3) is 0 Å². The molecule has 0 unspecified atom stereocenters. The third-order valence-electron chi connectivity index (χ3n) is 2.05. The molecule has 8 heteroatoms. The number of rotatable bonds is 8. The predicted octanol–water partition coefficient (Wildman–Crippen LogP) is 1.88. The van der Waals surface area contributed by atoms with Gasteiger partial charge in [0.15, 0.2) is 0 Å². The number of unbranched alkanes of at least 4 members (excludes halogenated alkanes) is 2. The average Bonchev–Trinajstić information content (AvgIpc) is 2.20. The van der Waals surface area contributed by atoms with Gasteiger partial charge in [-0.2, -0.15) is 13.2 Å². The van der Waals surface area contributed by atoms with Gasteiger partial charge in [-0.25, -0.2) is 4.79 Å². The average molecular weight is 270 g/mol. The van der Waals surface area contributed by atoms with Crippen LogP contribution in [0.3, 0.4) is 0 Å². The van der Waals surface area contributed by atoms with Crippen molar-refractivity contribution in [2.45, 2.75) is 38.3 Å². The molecule has 0 spiro atoms. The van der Waals surface area contributed by atoms with Crippen molar-refractivity contribution in [1.29, 1.82) is 0 Å². The first-order valence-corrected chi connectivity index (χ1v) is 5.61. The largest absolute Gasteiger partial charge is 0.481 e. The molecular weight excluding hydrogens is 253 g/mol. The number of aliphatic carboxylic acids is 1. The molecule has 18 heavy (non-hydrogen) atoms. The van der Waals surface area contributed by atoms with Gasteiger partial charge in [-0.3, -0.25) is 4.79 Å². The highest BCUT2D eigenvalue weighted by Crippen LogP contribution is 2.17. The summed E-state index contributed by atoms with van der Waals surface area (Å²) in [7, 11) is 0. The first kappa shape index (κ1) is 16.5. The summed E-state index contributed by atoms with van der Waals surface area (Å²) < 4.78 is 35.2. The monoisotopic (exact) mass is 270 g/mol. The van der Waals surface area contributed by atoms with Gasteiger partial charge in [-0.1, -0.05) is 6.42 Å². The number of carbonyl (C=O) groups is 2. The summed E-state index contributed by atoms with van der Waals surface area (Å²) >= 11 is 0. The number of hydrogen-bond donors (Lipinski definition) is 3. The topological polar surface area (TPSA) is 78.4 Å². The van der Waals surface area contributed by atoms with E-state index in [1.807, 2.05) is 0 Å². The molecule has 0 aliphatic heterocycles. The van der Waals surface area contributed by atoms with Crippen LogP contribution in [0.15, 0.2) is 0 Å². The van der Waals surface area contributed by atoms with Crippen molar-refractivity contribution in [3.8, 4) is 0 Å². The molecule has 0 aromatic carbocycles. The van der Waals surface area contributed by atoms with Crippen molar-refractivity contribution in [2.24, 2.45) is 0 Å². The number of urea groups is 1. The fourth-order valence-corrected chi connectivity index (χ4v) is 1.16. The van der Waals surface area contributed by atoms with Crippen LogP contribution in [0, 0.1) is 0 Å². The lowest BCUT2D eigenvalue weighted by Crippen LogP contribution is -2.37. The Hall–Kier alpha value is -1.47. The molecule has 0 aromatic heterocycles. The van der Waals surface area contributed by atoms with Gasteiger partial charge in [0.2, 0.25) is 0 Å². The zero-order chi connectivity index (χ0) is 14.0. The minimum atomic E-state index is -4.27. The van der Waals surface area contributed by atoms with E-state index in [0.717, 1.165) is 0 Å². The molecule has 0 aliphatic carbocycles. The molecule has 0 aliphatic rings.